The molecule has 120 valence electrons. The van der Waals surface area contributed by atoms with Gasteiger partial charge in [-0.2, -0.15) is 0 Å². The Bertz CT molecular complexity index is 565. The van der Waals surface area contributed by atoms with E-state index in [1.54, 1.807) is 0 Å². The molecule has 4 rings (SSSR count). The minimum absolute atomic E-state index is 0.175. The fourth-order valence-electron chi connectivity index (χ4n) is 6.58. The van der Waals surface area contributed by atoms with Gasteiger partial charge in [-0.25, -0.2) is 0 Å². The van der Waals surface area contributed by atoms with Gasteiger partial charge in [-0.1, -0.05) is 19.9 Å². The number of carbonyl (C=O) groups is 2. The van der Waals surface area contributed by atoms with Crippen LogP contribution in [0.5, 0.6) is 0 Å². The molecule has 0 bridgehead atoms. The highest BCUT2D eigenvalue weighted by Gasteiger charge is 2.62. The predicted octanol–water partition coefficient (Wildman–Crippen LogP) is 2.91. The third-order valence-corrected chi connectivity index (χ3v) is 7.78. The lowest BCUT2D eigenvalue weighted by atomic mass is 9.45. The van der Waals surface area contributed by atoms with Gasteiger partial charge in [-0.3, -0.25) is 9.59 Å². The van der Waals surface area contributed by atoms with E-state index in [1.807, 2.05) is 13.0 Å². The zero-order chi connectivity index (χ0) is 15.7. The molecule has 1 unspecified atom stereocenters. The molecule has 0 aromatic carbocycles. The van der Waals surface area contributed by atoms with Crippen LogP contribution in [-0.2, 0) is 9.59 Å². The first kappa shape index (κ1) is 14.6. The Morgan fingerprint density at radius 3 is 2.59 bits per heavy atom. The van der Waals surface area contributed by atoms with Crippen LogP contribution in [0.3, 0.4) is 0 Å². The van der Waals surface area contributed by atoms with Crippen LogP contribution in [0.2, 0.25) is 0 Å². The Hall–Kier alpha value is -0.960. The van der Waals surface area contributed by atoms with Gasteiger partial charge in [0.1, 0.15) is 0 Å². The second-order valence-electron chi connectivity index (χ2n) is 8.61. The molecule has 3 fully saturated rings. The van der Waals surface area contributed by atoms with Crippen LogP contribution >= 0.6 is 0 Å². The summed E-state index contributed by atoms with van der Waals surface area (Å²) in [4.78, 5) is 24.7. The molecule has 3 nitrogen and oxygen atoms in total. The minimum atomic E-state index is -0.529. The van der Waals surface area contributed by atoms with Crippen molar-refractivity contribution in [3.63, 3.8) is 0 Å². The molecular formula is C19H26O3. The number of Topliss-reactive ketones (excluding diaryl/α,β-unsaturated/α-hetero) is 1. The van der Waals surface area contributed by atoms with Crippen LogP contribution in [0.15, 0.2) is 12.2 Å². The van der Waals surface area contributed by atoms with E-state index in [0.29, 0.717) is 11.8 Å². The largest absolute Gasteiger partial charge is 0.393 e. The SMILES string of the molecule is C[C@@]12CC[C@H](O)[C@H]1[C@@H]1CCC3C=CC(=O)C(=O)[C@]3(C)[C@H]1CC2. The van der Waals surface area contributed by atoms with Crippen molar-refractivity contribution >= 4 is 11.6 Å². The molecule has 3 heteroatoms. The highest BCUT2D eigenvalue weighted by Crippen LogP contribution is 2.64. The van der Waals surface area contributed by atoms with E-state index >= 15 is 0 Å². The number of carbonyl (C=O) groups excluding carboxylic acids is 2. The number of allylic oxidation sites excluding steroid dienone is 2. The Balaban J connectivity index is 1.75. The lowest BCUT2D eigenvalue weighted by Gasteiger charge is -2.57. The lowest BCUT2D eigenvalue weighted by molar-refractivity contribution is -0.156. The number of hydrogen-bond donors (Lipinski definition) is 1. The van der Waals surface area contributed by atoms with Crippen molar-refractivity contribution in [2.75, 3.05) is 0 Å². The molecule has 0 spiro atoms. The average Bonchev–Trinajstić information content (AvgIpc) is 2.80. The van der Waals surface area contributed by atoms with E-state index in [9.17, 15) is 14.7 Å². The summed E-state index contributed by atoms with van der Waals surface area (Å²) in [6.07, 6.45) is 9.45. The van der Waals surface area contributed by atoms with E-state index in [1.165, 1.54) is 6.08 Å². The summed E-state index contributed by atoms with van der Waals surface area (Å²) in [6.45, 7) is 4.36. The number of aliphatic hydroxyl groups is 1. The maximum absolute atomic E-state index is 12.7. The van der Waals surface area contributed by atoms with Gasteiger partial charge in [0.25, 0.3) is 0 Å². The summed E-state index contributed by atoms with van der Waals surface area (Å²) in [5.41, 5.74) is -0.292. The van der Waals surface area contributed by atoms with Crippen LogP contribution in [-0.4, -0.2) is 22.8 Å². The van der Waals surface area contributed by atoms with Crippen molar-refractivity contribution in [3.05, 3.63) is 12.2 Å². The number of fused-ring (bicyclic) bond motifs is 5. The summed E-state index contributed by atoms with van der Waals surface area (Å²) >= 11 is 0. The summed E-state index contributed by atoms with van der Waals surface area (Å²) in [6, 6.07) is 0. The molecule has 4 aliphatic carbocycles. The van der Waals surface area contributed by atoms with Gasteiger partial charge in [0, 0.05) is 5.41 Å². The highest BCUT2D eigenvalue weighted by atomic mass is 16.3. The van der Waals surface area contributed by atoms with Crippen molar-refractivity contribution in [3.8, 4) is 0 Å². The van der Waals surface area contributed by atoms with Gasteiger partial charge in [0.2, 0.25) is 11.6 Å². The van der Waals surface area contributed by atoms with Gasteiger partial charge >= 0.3 is 0 Å². The zero-order valence-corrected chi connectivity index (χ0v) is 13.5. The summed E-state index contributed by atoms with van der Waals surface area (Å²) in [7, 11) is 0. The number of aliphatic hydroxyl groups excluding tert-OH is 1. The molecule has 0 amide bonds. The summed E-state index contributed by atoms with van der Waals surface area (Å²) < 4.78 is 0. The van der Waals surface area contributed by atoms with Crippen molar-refractivity contribution in [1.82, 2.24) is 0 Å². The first-order valence-corrected chi connectivity index (χ1v) is 8.83. The molecule has 3 saturated carbocycles. The monoisotopic (exact) mass is 302 g/mol. The van der Waals surface area contributed by atoms with E-state index in [4.69, 9.17) is 0 Å². The molecule has 4 aliphatic rings. The second kappa shape index (κ2) is 4.53. The molecular weight excluding hydrogens is 276 g/mol. The molecule has 0 aromatic rings. The molecule has 0 aromatic heterocycles. The van der Waals surface area contributed by atoms with E-state index in [-0.39, 0.29) is 34.9 Å². The van der Waals surface area contributed by atoms with Crippen LogP contribution < -0.4 is 0 Å². The smallest absolute Gasteiger partial charge is 0.221 e. The van der Waals surface area contributed by atoms with Crippen LogP contribution in [0.4, 0.5) is 0 Å². The number of ketones is 2. The van der Waals surface area contributed by atoms with Gasteiger partial charge in [-0.15, -0.1) is 0 Å². The normalized spacial score (nSPS) is 53.9. The summed E-state index contributed by atoms with van der Waals surface area (Å²) in [5.74, 6) is 0.699. The van der Waals surface area contributed by atoms with Crippen LogP contribution in [0, 0.1) is 34.5 Å². The van der Waals surface area contributed by atoms with Crippen molar-refractivity contribution in [1.29, 1.82) is 0 Å². The fourth-order valence-corrected chi connectivity index (χ4v) is 6.58. The predicted molar refractivity (Wildman–Crippen MR) is 83.0 cm³/mol. The first-order chi connectivity index (χ1) is 10.4. The van der Waals surface area contributed by atoms with Crippen molar-refractivity contribution < 1.29 is 14.7 Å². The number of hydrogen-bond acceptors (Lipinski definition) is 3. The molecule has 0 radical (unpaired) electrons. The molecule has 0 saturated heterocycles. The third kappa shape index (κ3) is 1.66. The summed E-state index contributed by atoms with van der Waals surface area (Å²) in [5, 5.41) is 10.6. The fraction of sp³-hybridized carbons (Fsp3) is 0.789. The Morgan fingerprint density at radius 2 is 1.82 bits per heavy atom. The Morgan fingerprint density at radius 1 is 1.09 bits per heavy atom. The van der Waals surface area contributed by atoms with Gasteiger partial charge in [0.15, 0.2) is 0 Å². The number of rotatable bonds is 0. The molecule has 7 atom stereocenters. The molecule has 1 N–H and O–H groups in total. The Kier molecular flexibility index (Phi) is 3.01. The zero-order valence-electron chi connectivity index (χ0n) is 13.5. The molecule has 0 heterocycles. The maximum atomic E-state index is 12.7. The molecule has 22 heavy (non-hydrogen) atoms. The lowest BCUT2D eigenvalue weighted by Crippen LogP contribution is -2.57. The van der Waals surface area contributed by atoms with E-state index < -0.39 is 5.41 Å². The molecule has 0 aliphatic heterocycles. The second-order valence-corrected chi connectivity index (χ2v) is 8.61. The average molecular weight is 302 g/mol. The van der Waals surface area contributed by atoms with E-state index in [0.717, 1.165) is 38.5 Å². The van der Waals surface area contributed by atoms with Crippen molar-refractivity contribution in [2.45, 2.75) is 58.5 Å². The topological polar surface area (TPSA) is 54.4 Å². The van der Waals surface area contributed by atoms with Gasteiger partial charge in [-0.05, 0) is 73.7 Å². The van der Waals surface area contributed by atoms with Gasteiger partial charge in [0.05, 0.1) is 6.10 Å². The quantitative estimate of drug-likeness (QED) is 0.700. The first-order valence-electron chi connectivity index (χ1n) is 8.83. The highest BCUT2D eigenvalue weighted by molar-refractivity contribution is 6.44. The van der Waals surface area contributed by atoms with E-state index in [2.05, 4.69) is 6.92 Å². The Labute approximate surface area is 132 Å². The van der Waals surface area contributed by atoms with Crippen molar-refractivity contribution in [2.24, 2.45) is 34.5 Å². The standard InChI is InChI=1S/C19H26O3/c1-18-9-7-13-12(16(18)14(20)8-10-18)5-3-11-4-6-15(21)17(22)19(11,13)2/h4,6,11-14,16,20H,3,5,7-10H2,1-2H3/t11?,12-,13+,14+,16-,18-,19+/m1/s1. The maximum Gasteiger partial charge on any atom is 0.221 e. The minimum Gasteiger partial charge on any atom is -0.393 e. The van der Waals surface area contributed by atoms with Gasteiger partial charge < -0.3 is 5.11 Å². The third-order valence-electron chi connectivity index (χ3n) is 7.78. The van der Waals surface area contributed by atoms with Crippen LogP contribution in [0.25, 0.3) is 0 Å². The van der Waals surface area contributed by atoms with Crippen LogP contribution in [0.1, 0.15) is 52.4 Å².